The zero-order valence-electron chi connectivity index (χ0n) is 23.6. The predicted octanol–water partition coefficient (Wildman–Crippen LogP) is 5.80. The molecule has 0 bridgehead atoms. The number of methoxy groups -OCH3 is 1. The van der Waals surface area contributed by atoms with Crippen LogP contribution in [0.3, 0.4) is 0 Å². The Bertz CT molecular complexity index is 1650. The average molecular weight is 583 g/mol. The van der Waals surface area contributed by atoms with Gasteiger partial charge in [-0.1, -0.05) is 18.7 Å². The molecule has 1 unspecified atom stereocenters. The van der Waals surface area contributed by atoms with Gasteiger partial charge in [0.15, 0.2) is 0 Å². The third-order valence-corrected chi connectivity index (χ3v) is 8.06. The number of carbonyl (C=O) groups is 2. The highest BCUT2D eigenvalue weighted by atomic mass is 19.1. The van der Waals surface area contributed by atoms with Crippen molar-refractivity contribution in [1.82, 2.24) is 0 Å². The lowest BCUT2D eigenvalue weighted by Gasteiger charge is -2.26. The number of nitrogens with one attached hydrogen (secondary N) is 2. The van der Waals surface area contributed by atoms with E-state index in [9.17, 15) is 19.1 Å². The second-order valence-corrected chi connectivity index (χ2v) is 11.0. The first-order chi connectivity index (χ1) is 20.7. The summed E-state index contributed by atoms with van der Waals surface area (Å²) in [6, 6.07) is 16.0. The zero-order valence-corrected chi connectivity index (χ0v) is 23.6. The van der Waals surface area contributed by atoms with Gasteiger partial charge in [0.25, 0.3) is 0 Å². The van der Waals surface area contributed by atoms with Gasteiger partial charge >= 0.3 is 0 Å². The summed E-state index contributed by atoms with van der Waals surface area (Å²) < 4.78 is 30.6. The molecule has 0 radical (unpaired) electrons. The van der Waals surface area contributed by atoms with Crippen molar-refractivity contribution in [2.75, 3.05) is 31.0 Å². The first-order valence-electron chi connectivity index (χ1n) is 14.0. The standard InChI is InChI=1S/C34H31FN2O6/c1-21-4-3-5-29(27-18-28(30(41-2)19-26(21)27)34(40)16-17-42-20-34)43-25-12-10-24(11-13-25)37-32(39)33(14-15-33)31(38)36-23-8-6-22(35)7-9-23/h3-13,18-19,40H,1,14-17,20H2,2H3,(H,36,38)(H,37,39). The molecule has 2 amide bonds. The fourth-order valence-electron chi connectivity index (χ4n) is 5.32. The molecule has 43 heavy (non-hydrogen) atoms. The van der Waals surface area contributed by atoms with Gasteiger partial charge in [0.2, 0.25) is 11.8 Å². The summed E-state index contributed by atoms with van der Waals surface area (Å²) in [5.41, 5.74) is 1.52. The highest BCUT2D eigenvalue weighted by Gasteiger charge is 2.56. The Hall–Kier alpha value is -4.73. The number of hydrogen-bond donors (Lipinski definition) is 3. The molecule has 0 spiro atoms. The Labute approximate surface area is 248 Å². The number of amides is 2. The number of fused-ring (bicyclic) bond motifs is 1. The number of ether oxygens (including phenoxy) is 3. The summed E-state index contributed by atoms with van der Waals surface area (Å²) in [7, 11) is 1.57. The predicted molar refractivity (Wildman–Crippen MR) is 161 cm³/mol. The van der Waals surface area contributed by atoms with Gasteiger partial charge in [0.05, 0.1) is 13.7 Å². The summed E-state index contributed by atoms with van der Waals surface area (Å²) >= 11 is 0. The molecule has 3 aliphatic rings. The number of benzene rings is 3. The molecule has 1 saturated carbocycles. The molecule has 9 heteroatoms. The molecule has 1 saturated heterocycles. The summed E-state index contributed by atoms with van der Waals surface area (Å²) in [6.45, 7) is 4.80. The third-order valence-electron chi connectivity index (χ3n) is 8.06. The summed E-state index contributed by atoms with van der Waals surface area (Å²) in [4.78, 5) is 26.0. The largest absolute Gasteiger partial charge is 0.496 e. The summed E-state index contributed by atoms with van der Waals surface area (Å²) in [5.74, 6) is 0.375. The van der Waals surface area contributed by atoms with Crippen LogP contribution in [-0.2, 0) is 19.9 Å². The lowest BCUT2D eigenvalue weighted by atomic mass is 9.87. The Morgan fingerprint density at radius 3 is 2.19 bits per heavy atom. The van der Waals surface area contributed by atoms with E-state index < -0.39 is 28.6 Å². The van der Waals surface area contributed by atoms with Gasteiger partial charge < -0.3 is 30.0 Å². The van der Waals surface area contributed by atoms with Crippen molar-refractivity contribution in [1.29, 1.82) is 0 Å². The Kier molecular flexibility index (Phi) is 7.37. The molecule has 1 aliphatic heterocycles. The monoisotopic (exact) mass is 582 g/mol. The zero-order chi connectivity index (χ0) is 30.2. The quantitative estimate of drug-likeness (QED) is 0.290. The normalized spacial score (nSPS) is 20.0. The summed E-state index contributed by atoms with van der Waals surface area (Å²) in [6.07, 6.45) is 6.84. The van der Waals surface area contributed by atoms with Gasteiger partial charge in [-0.15, -0.1) is 0 Å². The topological polar surface area (TPSA) is 106 Å². The average Bonchev–Trinajstić information content (AvgIpc) is 3.74. The van der Waals surface area contributed by atoms with E-state index in [2.05, 4.69) is 17.2 Å². The molecular weight excluding hydrogens is 551 g/mol. The van der Waals surface area contributed by atoms with Crippen LogP contribution in [0.25, 0.3) is 11.3 Å². The van der Waals surface area contributed by atoms with Crippen molar-refractivity contribution in [2.45, 2.75) is 24.9 Å². The van der Waals surface area contributed by atoms with Crippen LogP contribution in [0, 0.1) is 11.2 Å². The van der Waals surface area contributed by atoms with Crippen LogP contribution < -0.4 is 20.1 Å². The minimum atomic E-state index is -1.18. The fourth-order valence-corrected chi connectivity index (χ4v) is 5.32. The van der Waals surface area contributed by atoms with Crippen LogP contribution in [0.5, 0.6) is 11.5 Å². The van der Waals surface area contributed by atoms with Crippen molar-refractivity contribution < 1.29 is 33.3 Å². The minimum absolute atomic E-state index is 0.170. The van der Waals surface area contributed by atoms with E-state index in [0.29, 0.717) is 60.1 Å². The van der Waals surface area contributed by atoms with Crippen LogP contribution in [0.1, 0.15) is 36.0 Å². The number of aliphatic hydroxyl groups is 1. The second-order valence-electron chi connectivity index (χ2n) is 11.0. The second kappa shape index (κ2) is 11.2. The fraction of sp³-hybridized carbons (Fsp3) is 0.235. The van der Waals surface area contributed by atoms with Crippen LogP contribution in [0.15, 0.2) is 85.5 Å². The highest BCUT2D eigenvalue weighted by molar-refractivity contribution is 6.16. The van der Waals surface area contributed by atoms with E-state index in [0.717, 1.165) is 16.7 Å². The Balaban J connectivity index is 1.18. The minimum Gasteiger partial charge on any atom is -0.496 e. The lowest BCUT2D eigenvalue weighted by molar-refractivity contribution is -0.131. The number of allylic oxidation sites excluding steroid dienone is 4. The van der Waals surface area contributed by atoms with Crippen LogP contribution >= 0.6 is 0 Å². The van der Waals surface area contributed by atoms with Gasteiger partial charge in [-0.05, 0) is 90.7 Å². The number of rotatable bonds is 8. The van der Waals surface area contributed by atoms with Gasteiger partial charge in [-0.25, -0.2) is 4.39 Å². The molecule has 2 fully saturated rings. The van der Waals surface area contributed by atoms with Gasteiger partial charge in [0, 0.05) is 35.5 Å². The molecule has 0 aromatic heterocycles. The SMILES string of the molecule is C=C1C=CC=C(Oc2ccc(NC(=O)C3(C(=O)Nc4ccc(F)cc4)CC3)cc2)c2cc(C3(O)CCOC3)c(OC)cc21. The molecule has 6 rings (SSSR count). The number of hydrogen-bond acceptors (Lipinski definition) is 6. The molecule has 220 valence electrons. The van der Waals surface area contributed by atoms with Crippen LogP contribution in [-0.4, -0.2) is 37.2 Å². The first kappa shape index (κ1) is 28.4. The van der Waals surface area contributed by atoms with E-state index in [1.165, 1.54) is 24.3 Å². The van der Waals surface area contributed by atoms with Crippen molar-refractivity contribution in [2.24, 2.45) is 5.41 Å². The molecule has 1 atom stereocenters. The molecule has 2 aliphatic carbocycles. The highest BCUT2D eigenvalue weighted by Crippen LogP contribution is 2.48. The maximum Gasteiger partial charge on any atom is 0.240 e. The van der Waals surface area contributed by atoms with Crippen molar-refractivity contribution in [3.63, 3.8) is 0 Å². The molecule has 3 N–H and O–H groups in total. The van der Waals surface area contributed by atoms with E-state index in [4.69, 9.17) is 14.2 Å². The van der Waals surface area contributed by atoms with E-state index >= 15 is 0 Å². The first-order valence-corrected chi connectivity index (χ1v) is 14.0. The third kappa shape index (κ3) is 5.57. The maximum absolute atomic E-state index is 13.2. The van der Waals surface area contributed by atoms with Gasteiger partial charge in [0.1, 0.15) is 34.1 Å². The van der Waals surface area contributed by atoms with Crippen LogP contribution in [0.2, 0.25) is 0 Å². The molecule has 3 aromatic carbocycles. The molecule has 3 aromatic rings. The molecular formula is C34H31FN2O6. The van der Waals surface area contributed by atoms with Crippen molar-refractivity contribution in [3.05, 3.63) is 108 Å². The number of halogens is 1. The van der Waals surface area contributed by atoms with E-state index in [1.807, 2.05) is 30.4 Å². The number of carbonyl (C=O) groups excluding carboxylic acids is 2. The number of anilines is 2. The van der Waals surface area contributed by atoms with E-state index in [-0.39, 0.29) is 6.61 Å². The summed E-state index contributed by atoms with van der Waals surface area (Å²) in [5, 5.41) is 16.8. The molecule has 8 nitrogen and oxygen atoms in total. The van der Waals surface area contributed by atoms with Gasteiger partial charge in [-0.2, -0.15) is 0 Å². The maximum atomic E-state index is 13.2. The smallest absolute Gasteiger partial charge is 0.240 e. The van der Waals surface area contributed by atoms with Crippen LogP contribution in [0.4, 0.5) is 15.8 Å². The molecule has 1 heterocycles. The lowest BCUT2D eigenvalue weighted by Crippen LogP contribution is -2.35. The van der Waals surface area contributed by atoms with Crippen molar-refractivity contribution >= 4 is 34.5 Å². The van der Waals surface area contributed by atoms with Crippen molar-refractivity contribution in [3.8, 4) is 11.5 Å². The van der Waals surface area contributed by atoms with Gasteiger partial charge in [-0.3, -0.25) is 9.59 Å². The Morgan fingerprint density at radius 2 is 1.60 bits per heavy atom. The van der Waals surface area contributed by atoms with E-state index in [1.54, 1.807) is 31.4 Å². The Morgan fingerprint density at radius 1 is 0.953 bits per heavy atom.